The molecule has 1 N–H and O–H groups in total. The second-order valence-electron chi connectivity index (χ2n) is 4.40. The zero-order valence-electron chi connectivity index (χ0n) is 10.9. The molecule has 2 heterocycles. The zero-order valence-corrected chi connectivity index (χ0v) is 13.3. The van der Waals surface area contributed by atoms with Crippen molar-refractivity contribution < 1.29 is 0 Å². The Morgan fingerprint density at radius 3 is 2.86 bits per heavy atom. The van der Waals surface area contributed by atoms with Gasteiger partial charge in [0.15, 0.2) is 3.92 Å². The quantitative estimate of drug-likeness (QED) is 0.905. The van der Waals surface area contributed by atoms with Crippen molar-refractivity contribution in [2.75, 3.05) is 12.1 Å². The van der Waals surface area contributed by atoms with Crippen molar-refractivity contribution in [1.29, 1.82) is 5.26 Å². The fraction of sp³-hybridized carbons (Fsp3) is 0.154. The van der Waals surface area contributed by atoms with E-state index < -0.39 is 0 Å². The Balaban J connectivity index is 1.55. The molecule has 0 radical (unpaired) electrons. The first kappa shape index (κ1) is 13.9. The van der Waals surface area contributed by atoms with E-state index in [0.29, 0.717) is 12.2 Å². The van der Waals surface area contributed by atoms with E-state index in [4.69, 9.17) is 5.26 Å². The molecule has 3 rings (SSSR count). The van der Waals surface area contributed by atoms with Gasteiger partial charge in [-0.05, 0) is 40.2 Å². The summed E-state index contributed by atoms with van der Waals surface area (Å²) in [4.78, 5) is 7.42. The summed E-state index contributed by atoms with van der Waals surface area (Å²) in [6, 6.07) is 9.36. The fourth-order valence-electron chi connectivity index (χ4n) is 1.86. The van der Waals surface area contributed by atoms with Gasteiger partial charge in [-0.25, -0.2) is 4.98 Å². The fourth-order valence-corrected chi connectivity index (χ4v) is 3.24. The van der Waals surface area contributed by atoms with Crippen molar-refractivity contribution in [2.24, 2.45) is 5.10 Å². The van der Waals surface area contributed by atoms with Crippen LogP contribution in [0.3, 0.4) is 0 Å². The summed E-state index contributed by atoms with van der Waals surface area (Å²) in [5, 5.41) is 14.8. The average Bonchev–Trinajstić information content (AvgIpc) is 3.09. The minimum Gasteiger partial charge on any atom is -0.335 e. The summed E-state index contributed by atoms with van der Waals surface area (Å²) >= 11 is 4.98. The molecule has 2 aromatic rings. The van der Waals surface area contributed by atoms with Gasteiger partial charge in [-0.3, -0.25) is 5.43 Å². The van der Waals surface area contributed by atoms with E-state index in [-0.39, 0.29) is 0 Å². The third kappa shape index (κ3) is 3.51. The van der Waals surface area contributed by atoms with Gasteiger partial charge in [-0.2, -0.15) is 10.4 Å². The van der Waals surface area contributed by atoms with Gasteiger partial charge >= 0.3 is 0 Å². The van der Waals surface area contributed by atoms with Gasteiger partial charge in [0.05, 0.1) is 23.9 Å². The molecule has 0 aliphatic carbocycles. The first-order valence-electron chi connectivity index (χ1n) is 6.15. The Morgan fingerprint density at radius 1 is 1.38 bits per heavy atom. The van der Waals surface area contributed by atoms with Crippen molar-refractivity contribution in [3.05, 3.63) is 44.8 Å². The number of halogens is 1. The number of thiazole rings is 1. The Morgan fingerprint density at radius 2 is 2.19 bits per heavy atom. The minimum atomic E-state index is 0.642. The maximum Gasteiger partial charge on any atom is 0.159 e. The van der Waals surface area contributed by atoms with Crippen LogP contribution in [0.2, 0.25) is 0 Å². The van der Waals surface area contributed by atoms with Crippen molar-refractivity contribution in [1.82, 2.24) is 15.0 Å². The highest BCUT2D eigenvalue weighted by molar-refractivity contribution is 9.11. The zero-order chi connectivity index (χ0) is 14.7. The number of hydrogen-bond acceptors (Lipinski definition) is 7. The largest absolute Gasteiger partial charge is 0.335 e. The Hall–Kier alpha value is -2.11. The number of hydrazine groups is 1. The molecule has 0 fully saturated rings. The first-order chi connectivity index (χ1) is 10.2. The van der Waals surface area contributed by atoms with Crippen LogP contribution in [0.25, 0.3) is 0 Å². The standard InChI is InChI=1S/C13H11BrN6S/c14-13-16-6-12(21-13)7-19-8-17-20(9-19)18-11-3-1-10(5-15)2-4-11/h1-4,6,8,18H,7,9H2. The summed E-state index contributed by atoms with van der Waals surface area (Å²) in [6.45, 7) is 1.42. The molecule has 0 atom stereocenters. The second-order valence-corrected chi connectivity index (χ2v) is 6.79. The van der Waals surface area contributed by atoms with Crippen LogP contribution in [0.15, 0.2) is 39.5 Å². The monoisotopic (exact) mass is 362 g/mol. The smallest absolute Gasteiger partial charge is 0.159 e. The Labute approximate surface area is 134 Å². The number of aromatic nitrogens is 1. The third-order valence-electron chi connectivity index (χ3n) is 2.83. The molecule has 21 heavy (non-hydrogen) atoms. The molecule has 8 heteroatoms. The molecule has 1 aliphatic heterocycles. The molecule has 0 saturated carbocycles. The van der Waals surface area contributed by atoms with E-state index in [9.17, 15) is 0 Å². The number of benzene rings is 1. The molecule has 0 bridgehead atoms. The molecular formula is C13H11BrN6S. The normalized spacial score (nSPS) is 13.5. The Bertz CT molecular complexity index is 689. The molecular weight excluding hydrogens is 352 g/mol. The number of anilines is 1. The van der Waals surface area contributed by atoms with Crippen molar-refractivity contribution in [3.8, 4) is 6.07 Å². The first-order valence-corrected chi connectivity index (χ1v) is 7.76. The van der Waals surface area contributed by atoms with Crippen LogP contribution >= 0.6 is 27.3 Å². The second kappa shape index (κ2) is 6.11. The molecule has 0 saturated heterocycles. The van der Waals surface area contributed by atoms with Crippen LogP contribution in [0.4, 0.5) is 5.69 Å². The van der Waals surface area contributed by atoms with Crippen LogP contribution in [-0.4, -0.2) is 28.0 Å². The topological polar surface area (TPSA) is 67.6 Å². The lowest BCUT2D eigenvalue weighted by atomic mass is 10.2. The molecule has 1 aromatic carbocycles. The minimum absolute atomic E-state index is 0.642. The Kier molecular flexibility index (Phi) is 4.03. The molecule has 6 nitrogen and oxygen atoms in total. The van der Waals surface area contributed by atoms with Crippen LogP contribution in [0, 0.1) is 11.3 Å². The highest BCUT2D eigenvalue weighted by atomic mass is 79.9. The van der Waals surface area contributed by atoms with Crippen LogP contribution in [0.5, 0.6) is 0 Å². The number of nitrogens with one attached hydrogen (secondary N) is 1. The SMILES string of the molecule is N#Cc1ccc(NN2CN(Cc3cnc(Br)s3)C=N2)cc1. The highest BCUT2D eigenvalue weighted by Gasteiger charge is 2.15. The lowest BCUT2D eigenvalue weighted by molar-refractivity contribution is 0.272. The third-order valence-corrected chi connectivity index (χ3v) is 4.29. The average molecular weight is 363 g/mol. The summed E-state index contributed by atoms with van der Waals surface area (Å²) < 4.78 is 0.890. The lowest BCUT2D eigenvalue weighted by Gasteiger charge is -2.19. The number of hydrazone groups is 1. The van der Waals surface area contributed by atoms with E-state index in [0.717, 1.165) is 16.1 Å². The highest BCUT2D eigenvalue weighted by Crippen LogP contribution is 2.20. The summed E-state index contributed by atoms with van der Waals surface area (Å²) in [6.07, 6.45) is 3.66. The van der Waals surface area contributed by atoms with E-state index in [1.165, 1.54) is 4.88 Å². The van der Waals surface area contributed by atoms with E-state index in [2.05, 4.69) is 42.4 Å². The van der Waals surface area contributed by atoms with Crippen molar-refractivity contribution in [3.63, 3.8) is 0 Å². The number of rotatable bonds is 4. The predicted octanol–water partition coefficient (Wildman–Crippen LogP) is 2.82. The van der Waals surface area contributed by atoms with E-state index in [1.54, 1.807) is 34.9 Å². The number of hydrogen-bond donors (Lipinski definition) is 1. The van der Waals surface area contributed by atoms with Gasteiger partial charge in [0.2, 0.25) is 0 Å². The van der Waals surface area contributed by atoms with Crippen molar-refractivity contribution in [2.45, 2.75) is 6.54 Å². The van der Waals surface area contributed by atoms with Gasteiger partial charge in [-0.1, -0.05) is 0 Å². The summed E-state index contributed by atoms with van der Waals surface area (Å²) in [7, 11) is 0. The van der Waals surface area contributed by atoms with E-state index in [1.807, 2.05) is 18.3 Å². The maximum atomic E-state index is 8.77. The maximum absolute atomic E-state index is 8.77. The molecule has 0 amide bonds. The van der Waals surface area contributed by atoms with Crippen LogP contribution in [-0.2, 0) is 6.54 Å². The predicted molar refractivity (Wildman–Crippen MR) is 85.3 cm³/mol. The molecule has 0 unspecified atom stereocenters. The van der Waals surface area contributed by atoms with Gasteiger partial charge in [0, 0.05) is 11.1 Å². The summed E-state index contributed by atoms with van der Waals surface area (Å²) in [5.74, 6) is 0. The number of nitriles is 1. The van der Waals surface area contributed by atoms with Crippen LogP contribution in [0.1, 0.15) is 10.4 Å². The number of nitrogens with zero attached hydrogens (tertiary/aromatic N) is 5. The van der Waals surface area contributed by atoms with Gasteiger partial charge in [0.25, 0.3) is 0 Å². The molecule has 1 aliphatic rings. The van der Waals surface area contributed by atoms with Gasteiger partial charge in [0.1, 0.15) is 13.0 Å². The van der Waals surface area contributed by atoms with Gasteiger partial charge < -0.3 is 4.90 Å². The molecule has 106 valence electrons. The van der Waals surface area contributed by atoms with Crippen molar-refractivity contribution >= 4 is 39.3 Å². The lowest BCUT2D eigenvalue weighted by Crippen LogP contribution is -2.29. The van der Waals surface area contributed by atoms with E-state index >= 15 is 0 Å². The van der Waals surface area contributed by atoms with Crippen LogP contribution < -0.4 is 5.43 Å². The summed E-state index contributed by atoms with van der Waals surface area (Å²) in [5.41, 5.74) is 4.71. The van der Waals surface area contributed by atoms with Gasteiger partial charge in [-0.15, -0.1) is 16.4 Å². The molecule has 0 spiro atoms. The molecule has 1 aromatic heterocycles.